The van der Waals surface area contributed by atoms with Crippen LogP contribution in [0.4, 0.5) is 9.59 Å². The van der Waals surface area contributed by atoms with Gasteiger partial charge in [-0.3, -0.25) is 19.2 Å². The third-order valence-electron chi connectivity index (χ3n) is 11.6. The maximum absolute atomic E-state index is 13.6. The van der Waals surface area contributed by atoms with Gasteiger partial charge in [0.2, 0.25) is 11.8 Å². The summed E-state index contributed by atoms with van der Waals surface area (Å²) in [6.45, 7) is 6.98. The van der Waals surface area contributed by atoms with Crippen LogP contribution in [0.25, 0.3) is 0 Å². The fourth-order valence-corrected chi connectivity index (χ4v) is 8.29. The second-order valence-electron chi connectivity index (χ2n) is 15.1. The molecule has 4 saturated heterocycles. The average Bonchev–Trinajstić information content (AvgIpc) is 4.02. The van der Waals surface area contributed by atoms with Crippen molar-refractivity contribution in [2.24, 2.45) is 11.3 Å². The number of nitrogens with zero attached hydrogens (tertiary/aromatic N) is 6. The molecule has 6 rings (SSSR count). The number of H-pyrrole nitrogens is 2. The van der Waals surface area contributed by atoms with E-state index in [1.165, 1.54) is 14.2 Å². The van der Waals surface area contributed by atoms with E-state index in [4.69, 9.17) is 4.74 Å². The van der Waals surface area contributed by atoms with E-state index in [9.17, 15) is 28.8 Å². The van der Waals surface area contributed by atoms with Crippen molar-refractivity contribution in [3.8, 4) is 0 Å². The molecule has 6 heterocycles. The number of aromatic nitrogens is 4. The summed E-state index contributed by atoms with van der Waals surface area (Å²) >= 11 is 0. The first-order valence-electron chi connectivity index (χ1n) is 18.9. The molecule has 2 aromatic heterocycles. The number of piperidine rings is 2. The van der Waals surface area contributed by atoms with E-state index >= 15 is 0 Å². The molecule has 18 nitrogen and oxygen atoms in total. The summed E-state index contributed by atoms with van der Waals surface area (Å²) in [4.78, 5) is 99.2. The van der Waals surface area contributed by atoms with Gasteiger partial charge < -0.3 is 49.7 Å². The Morgan fingerprint density at radius 1 is 0.759 bits per heavy atom. The maximum atomic E-state index is 13.6. The van der Waals surface area contributed by atoms with E-state index in [1.807, 2.05) is 23.6 Å². The van der Waals surface area contributed by atoms with Gasteiger partial charge in [-0.1, -0.05) is 13.8 Å². The smallest absolute Gasteiger partial charge is 0.407 e. The van der Waals surface area contributed by atoms with Crippen LogP contribution in [-0.2, 0) is 19.1 Å². The average molecular weight is 753 g/mol. The van der Waals surface area contributed by atoms with E-state index in [0.717, 1.165) is 38.5 Å². The highest BCUT2D eigenvalue weighted by Gasteiger charge is 2.42. The lowest BCUT2D eigenvalue weighted by Crippen LogP contribution is -2.51. The van der Waals surface area contributed by atoms with Crippen LogP contribution in [0, 0.1) is 11.3 Å². The van der Waals surface area contributed by atoms with Gasteiger partial charge in [0.1, 0.15) is 35.6 Å². The van der Waals surface area contributed by atoms with Crippen molar-refractivity contribution < 1.29 is 38.2 Å². The van der Waals surface area contributed by atoms with Crippen LogP contribution in [0.15, 0.2) is 12.4 Å². The molecule has 4 aliphatic heterocycles. The number of amides is 6. The van der Waals surface area contributed by atoms with Crippen LogP contribution in [-0.4, -0.2) is 141 Å². The summed E-state index contributed by atoms with van der Waals surface area (Å²) < 4.78 is 9.28. The quantitative estimate of drug-likeness (QED) is 0.293. The molecule has 4 N–H and O–H groups in total. The summed E-state index contributed by atoms with van der Waals surface area (Å²) in [7, 11) is 2.50. The molecule has 1 spiro atoms. The second-order valence-corrected chi connectivity index (χ2v) is 15.1. The zero-order valence-corrected chi connectivity index (χ0v) is 31.5. The first-order valence-corrected chi connectivity index (χ1v) is 18.9. The first-order chi connectivity index (χ1) is 25.9. The van der Waals surface area contributed by atoms with Crippen molar-refractivity contribution in [1.82, 2.24) is 50.2 Å². The van der Waals surface area contributed by atoms with Gasteiger partial charge in [-0.2, -0.15) is 0 Å². The summed E-state index contributed by atoms with van der Waals surface area (Å²) in [5.74, 6) is 0.206. The van der Waals surface area contributed by atoms with E-state index < -0.39 is 18.2 Å². The van der Waals surface area contributed by atoms with Crippen molar-refractivity contribution in [2.45, 2.75) is 83.3 Å². The lowest BCUT2D eigenvalue weighted by molar-refractivity contribution is -0.135. The zero-order valence-electron chi connectivity index (χ0n) is 31.5. The van der Waals surface area contributed by atoms with Crippen LogP contribution in [0.5, 0.6) is 0 Å². The van der Waals surface area contributed by atoms with Crippen molar-refractivity contribution in [2.75, 3.05) is 60.0 Å². The molecular weight excluding hydrogens is 700 g/mol. The fourth-order valence-electron chi connectivity index (χ4n) is 8.29. The summed E-state index contributed by atoms with van der Waals surface area (Å²) in [5.41, 5.74) is 0.671. The highest BCUT2D eigenvalue weighted by Crippen LogP contribution is 2.42. The third-order valence-corrected chi connectivity index (χ3v) is 11.6. The van der Waals surface area contributed by atoms with Crippen molar-refractivity contribution in [1.29, 1.82) is 0 Å². The molecule has 0 aromatic carbocycles. The Kier molecular flexibility index (Phi) is 11.8. The molecule has 18 heteroatoms. The number of nitrogens with one attached hydrogen (secondary N) is 4. The first kappa shape index (κ1) is 38.6. The number of methoxy groups -OCH3 is 2. The fraction of sp³-hybridized carbons (Fsp3) is 0.667. The molecule has 0 aliphatic carbocycles. The third kappa shape index (κ3) is 8.16. The molecule has 3 atom stereocenters. The number of alkyl carbamates (subject to hydrolysis) is 2. The normalized spacial score (nSPS) is 21.6. The highest BCUT2D eigenvalue weighted by molar-refractivity contribution is 5.93. The van der Waals surface area contributed by atoms with Crippen molar-refractivity contribution in [3.05, 3.63) is 35.4 Å². The Bertz CT molecular complexity index is 1710. The second kappa shape index (κ2) is 16.5. The molecular formula is C36H52N10O8. The van der Waals surface area contributed by atoms with Crippen LogP contribution in [0.2, 0.25) is 0 Å². The Morgan fingerprint density at radius 3 is 1.72 bits per heavy atom. The molecule has 294 valence electrons. The summed E-state index contributed by atoms with van der Waals surface area (Å²) in [5, 5.41) is 5.08. The Morgan fingerprint density at radius 2 is 1.24 bits per heavy atom. The molecule has 0 radical (unpaired) electrons. The standard InChI is InChI=1S/C36H52N10O8/c1-22(2)28(42-35(52)54-4)33(50)46-14-6-8-26(46)30-38-20-24(41-30)32(49)44-17-11-36(12-18-44)9-15-43(16-10-36)31(48)23-19-37-29(40-23)25-7-5-13-45(25)27(47)21-39-34(51)53-3/h19-20,22,25-26,28H,5-18,21H2,1-4H3,(H,37,40)(H,38,41)(H,39,51)(H,42,52)/t25-,26-,28-/m0/s1. The maximum Gasteiger partial charge on any atom is 0.407 e. The van der Waals surface area contributed by atoms with Crippen LogP contribution >= 0.6 is 0 Å². The number of rotatable bonds is 9. The molecule has 2 aromatic rings. The highest BCUT2D eigenvalue weighted by atomic mass is 16.5. The Hall–Kier alpha value is -5.16. The van der Waals surface area contributed by atoms with Gasteiger partial charge in [0.05, 0.1) is 26.3 Å². The summed E-state index contributed by atoms with van der Waals surface area (Å²) in [6, 6.07) is -1.37. The molecule has 0 unspecified atom stereocenters. The molecule has 6 amide bonds. The topological polar surface area (TPSA) is 215 Å². The van der Waals surface area contributed by atoms with Crippen LogP contribution in [0.1, 0.15) is 110 Å². The molecule has 0 bridgehead atoms. The van der Waals surface area contributed by atoms with Gasteiger partial charge in [-0.25, -0.2) is 19.6 Å². The lowest BCUT2D eigenvalue weighted by Gasteiger charge is -2.46. The number of ether oxygens (including phenoxy) is 2. The van der Waals surface area contributed by atoms with Crippen LogP contribution < -0.4 is 10.6 Å². The number of carbonyl (C=O) groups is 6. The Labute approximate surface area is 314 Å². The Balaban J connectivity index is 0.991. The van der Waals surface area contributed by atoms with Gasteiger partial charge in [0, 0.05) is 51.7 Å². The number of hydrogen-bond donors (Lipinski definition) is 4. The molecule has 4 fully saturated rings. The molecule has 4 aliphatic rings. The SMILES string of the molecule is COC(=O)NCC(=O)N1CCC[C@H]1c1nc(C(=O)N2CCC3(CC2)CCN(C(=O)c2c[nH]c([C@@H]4CCCN4C(=O)[C@@H](NC(=O)OC)C(C)C)n2)CC3)c[nH]1. The van der Waals surface area contributed by atoms with Crippen molar-refractivity contribution >= 4 is 35.8 Å². The van der Waals surface area contributed by atoms with Gasteiger partial charge in [0.15, 0.2) is 0 Å². The van der Waals surface area contributed by atoms with Crippen molar-refractivity contribution in [3.63, 3.8) is 0 Å². The zero-order chi connectivity index (χ0) is 38.6. The van der Waals surface area contributed by atoms with E-state index in [1.54, 1.807) is 22.2 Å². The largest absolute Gasteiger partial charge is 0.453 e. The van der Waals surface area contributed by atoms with Gasteiger partial charge in [0.25, 0.3) is 11.8 Å². The number of likely N-dealkylation sites (tertiary alicyclic amines) is 4. The summed E-state index contributed by atoms with van der Waals surface area (Å²) in [6.07, 6.45) is 8.17. The van der Waals surface area contributed by atoms with Crippen LogP contribution in [0.3, 0.4) is 0 Å². The molecule has 54 heavy (non-hydrogen) atoms. The number of hydrogen-bond acceptors (Lipinski definition) is 10. The predicted molar refractivity (Wildman–Crippen MR) is 192 cm³/mol. The van der Waals surface area contributed by atoms with Gasteiger partial charge in [-0.05, 0) is 62.7 Å². The number of carbonyl (C=O) groups excluding carboxylic acids is 6. The number of aromatic amines is 2. The van der Waals surface area contributed by atoms with Gasteiger partial charge >= 0.3 is 12.2 Å². The minimum Gasteiger partial charge on any atom is -0.453 e. The number of imidazole rings is 2. The van der Waals surface area contributed by atoms with Gasteiger partial charge in [-0.15, -0.1) is 0 Å². The monoisotopic (exact) mass is 752 g/mol. The van der Waals surface area contributed by atoms with E-state index in [-0.39, 0.29) is 53.6 Å². The van der Waals surface area contributed by atoms with E-state index in [0.29, 0.717) is 75.1 Å². The lowest BCUT2D eigenvalue weighted by atomic mass is 9.71. The minimum atomic E-state index is -0.741. The minimum absolute atomic E-state index is 0.0415. The van der Waals surface area contributed by atoms with E-state index in [2.05, 4.69) is 35.3 Å². The molecule has 0 saturated carbocycles. The predicted octanol–water partition coefficient (Wildman–Crippen LogP) is 2.36.